The van der Waals surface area contributed by atoms with Crippen LogP contribution in [0.15, 0.2) is 18.2 Å². The molecule has 1 saturated heterocycles. The van der Waals surface area contributed by atoms with E-state index in [2.05, 4.69) is 5.32 Å². The summed E-state index contributed by atoms with van der Waals surface area (Å²) in [6.45, 7) is 2.48. The van der Waals surface area contributed by atoms with E-state index in [9.17, 15) is 0 Å². The van der Waals surface area contributed by atoms with Gasteiger partial charge in [-0.15, -0.1) is 0 Å². The van der Waals surface area contributed by atoms with E-state index < -0.39 is 0 Å². The van der Waals surface area contributed by atoms with Crippen molar-refractivity contribution in [3.8, 4) is 0 Å². The quantitative estimate of drug-likeness (QED) is 0.885. The highest BCUT2D eigenvalue weighted by molar-refractivity contribution is 6.42. The van der Waals surface area contributed by atoms with Crippen LogP contribution in [0, 0.1) is 0 Å². The molecule has 2 nitrogen and oxygen atoms in total. The number of benzene rings is 1. The number of ether oxygens (including phenoxy) is 1. The Labute approximate surface area is 99.5 Å². The lowest BCUT2D eigenvalue weighted by molar-refractivity contribution is 0.190. The van der Waals surface area contributed by atoms with Crippen LogP contribution in [0.3, 0.4) is 0 Å². The van der Waals surface area contributed by atoms with Gasteiger partial charge in [0.25, 0.3) is 0 Å². The summed E-state index contributed by atoms with van der Waals surface area (Å²) < 4.78 is 5.28. The molecule has 0 amide bonds. The molecule has 0 radical (unpaired) electrons. The van der Waals surface area contributed by atoms with Crippen LogP contribution >= 0.6 is 23.2 Å². The van der Waals surface area contributed by atoms with Gasteiger partial charge in [0.15, 0.2) is 0 Å². The minimum absolute atomic E-state index is 0.472. The van der Waals surface area contributed by atoms with Crippen molar-refractivity contribution < 1.29 is 4.74 Å². The minimum Gasteiger partial charge on any atom is -0.380 e. The number of halogens is 2. The van der Waals surface area contributed by atoms with Crippen molar-refractivity contribution >= 4 is 23.2 Å². The minimum atomic E-state index is 0.472. The highest BCUT2D eigenvalue weighted by Gasteiger charge is 2.14. The van der Waals surface area contributed by atoms with E-state index in [0.717, 1.165) is 31.7 Å². The van der Waals surface area contributed by atoms with Gasteiger partial charge in [-0.25, -0.2) is 0 Å². The van der Waals surface area contributed by atoms with E-state index >= 15 is 0 Å². The van der Waals surface area contributed by atoms with Crippen molar-refractivity contribution in [2.75, 3.05) is 13.2 Å². The molecule has 1 N–H and O–H groups in total. The van der Waals surface area contributed by atoms with Gasteiger partial charge in [-0.1, -0.05) is 29.3 Å². The van der Waals surface area contributed by atoms with E-state index in [1.165, 1.54) is 0 Å². The molecule has 1 aliphatic heterocycles. The molecule has 82 valence electrons. The molecule has 1 aromatic carbocycles. The first-order chi connectivity index (χ1) is 7.25. The average molecular weight is 246 g/mol. The lowest BCUT2D eigenvalue weighted by Crippen LogP contribution is -2.28. The molecule has 0 aromatic heterocycles. The standard InChI is InChI=1S/C11H13Cl2NO/c12-10-2-1-8(5-11(10)13)6-14-9-3-4-15-7-9/h1-2,5,9,14H,3-4,6-7H2. The van der Waals surface area contributed by atoms with Crippen LogP contribution in [-0.4, -0.2) is 19.3 Å². The Balaban J connectivity index is 1.90. The molecule has 1 aliphatic rings. The number of hydrogen-bond donors (Lipinski definition) is 1. The third kappa shape index (κ3) is 3.08. The number of rotatable bonds is 3. The van der Waals surface area contributed by atoms with Gasteiger partial charge >= 0.3 is 0 Å². The summed E-state index contributed by atoms with van der Waals surface area (Å²) in [5.74, 6) is 0. The van der Waals surface area contributed by atoms with Gasteiger partial charge < -0.3 is 10.1 Å². The lowest BCUT2D eigenvalue weighted by Gasteiger charge is -2.10. The molecular weight excluding hydrogens is 233 g/mol. The Morgan fingerprint density at radius 1 is 1.33 bits per heavy atom. The van der Waals surface area contributed by atoms with Crippen molar-refractivity contribution in [3.05, 3.63) is 33.8 Å². The van der Waals surface area contributed by atoms with E-state index in [4.69, 9.17) is 27.9 Å². The maximum Gasteiger partial charge on any atom is 0.0620 e. The zero-order valence-corrected chi connectivity index (χ0v) is 9.81. The molecule has 1 atom stereocenters. The number of hydrogen-bond acceptors (Lipinski definition) is 2. The van der Waals surface area contributed by atoms with Crippen LogP contribution in [-0.2, 0) is 11.3 Å². The molecule has 0 spiro atoms. The molecule has 0 bridgehead atoms. The third-order valence-electron chi connectivity index (χ3n) is 2.51. The Kier molecular flexibility index (Phi) is 3.87. The van der Waals surface area contributed by atoms with Crippen molar-refractivity contribution in [1.82, 2.24) is 5.32 Å². The maximum atomic E-state index is 5.92. The highest BCUT2D eigenvalue weighted by atomic mass is 35.5. The lowest BCUT2D eigenvalue weighted by atomic mass is 10.2. The normalized spacial score (nSPS) is 20.8. The summed E-state index contributed by atoms with van der Waals surface area (Å²) in [6, 6.07) is 6.18. The molecule has 0 saturated carbocycles. The summed E-state index contributed by atoms with van der Waals surface area (Å²) >= 11 is 11.8. The Hall–Kier alpha value is -0.280. The summed E-state index contributed by atoms with van der Waals surface area (Å²) in [5, 5.41) is 4.63. The fraction of sp³-hybridized carbons (Fsp3) is 0.455. The van der Waals surface area contributed by atoms with Crippen molar-refractivity contribution in [3.63, 3.8) is 0 Å². The zero-order chi connectivity index (χ0) is 10.7. The van der Waals surface area contributed by atoms with Gasteiger partial charge in [0.1, 0.15) is 0 Å². The summed E-state index contributed by atoms with van der Waals surface area (Å²) in [7, 11) is 0. The SMILES string of the molecule is Clc1ccc(CNC2CCOC2)cc1Cl. The molecule has 1 unspecified atom stereocenters. The maximum absolute atomic E-state index is 5.92. The smallest absolute Gasteiger partial charge is 0.0620 e. The van der Waals surface area contributed by atoms with Crippen molar-refractivity contribution in [1.29, 1.82) is 0 Å². The third-order valence-corrected chi connectivity index (χ3v) is 3.25. The molecule has 1 aromatic rings. The van der Waals surface area contributed by atoms with Gasteiger partial charge in [0, 0.05) is 19.2 Å². The Morgan fingerprint density at radius 3 is 2.87 bits per heavy atom. The predicted molar refractivity (Wildman–Crippen MR) is 62.5 cm³/mol. The molecule has 2 rings (SSSR count). The van der Waals surface area contributed by atoms with Gasteiger partial charge in [0.05, 0.1) is 16.7 Å². The monoisotopic (exact) mass is 245 g/mol. The fourth-order valence-corrected chi connectivity index (χ4v) is 1.93. The topological polar surface area (TPSA) is 21.3 Å². The summed E-state index contributed by atoms with van der Waals surface area (Å²) in [6.07, 6.45) is 1.08. The first-order valence-electron chi connectivity index (χ1n) is 5.01. The second-order valence-corrected chi connectivity index (χ2v) is 4.50. The van der Waals surface area contributed by atoms with Gasteiger partial charge in [-0.3, -0.25) is 0 Å². The molecule has 0 aliphatic carbocycles. The van der Waals surface area contributed by atoms with Crippen LogP contribution in [0.2, 0.25) is 10.0 Å². The van der Waals surface area contributed by atoms with Crippen molar-refractivity contribution in [2.45, 2.75) is 19.0 Å². The largest absolute Gasteiger partial charge is 0.380 e. The summed E-state index contributed by atoms with van der Waals surface area (Å²) in [5.41, 5.74) is 1.15. The van der Waals surface area contributed by atoms with Crippen molar-refractivity contribution in [2.24, 2.45) is 0 Å². The van der Waals surface area contributed by atoms with E-state index in [1.807, 2.05) is 18.2 Å². The molecule has 4 heteroatoms. The average Bonchev–Trinajstić information content (AvgIpc) is 2.73. The Bertz CT molecular complexity index is 337. The predicted octanol–water partition coefficient (Wildman–Crippen LogP) is 2.87. The van der Waals surface area contributed by atoms with Gasteiger partial charge in [-0.2, -0.15) is 0 Å². The second kappa shape index (κ2) is 5.17. The second-order valence-electron chi connectivity index (χ2n) is 3.69. The van der Waals surface area contributed by atoms with Crippen LogP contribution in [0.1, 0.15) is 12.0 Å². The first-order valence-corrected chi connectivity index (χ1v) is 5.76. The molecule has 1 fully saturated rings. The summed E-state index contributed by atoms with van der Waals surface area (Å²) in [4.78, 5) is 0. The molecule has 15 heavy (non-hydrogen) atoms. The van der Waals surface area contributed by atoms with Gasteiger partial charge in [0.2, 0.25) is 0 Å². The van der Waals surface area contributed by atoms with Crippen LogP contribution in [0.25, 0.3) is 0 Å². The molecular formula is C11H13Cl2NO. The Morgan fingerprint density at radius 2 is 2.20 bits per heavy atom. The van der Waals surface area contributed by atoms with E-state index in [-0.39, 0.29) is 0 Å². The van der Waals surface area contributed by atoms with Crippen LogP contribution in [0.5, 0.6) is 0 Å². The van der Waals surface area contributed by atoms with Crippen LogP contribution in [0.4, 0.5) is 0 Å². The van der Waals surface area contributed by atoms with Gasteiger partial charge in [-0.05, 0) is 24.1 Å². The number of nitrogens with one attached hydrogen (secondary N) is 1. The highest BCUT2D eigenvalue weighted by Crippen LogP contribution is 2.22. The zero-order valence-electron chi connectivity index (χ0n) is 8.30. The van der Waals surface area contributed by atoms with E-state index in [0.29, 0.717) is 16.1 Å². The first kappa shape index (κ1) is 11.2. The van der Waals surface area contributed by atoms with Crippen LogP contribution < -0.4 is 5.32 Å². The molecule has 1 heterocycles. The van der Waals surface area contributed by atoms with E-state index in [1.54, 1.807) is 0 Å². The fourth-order valence-electron chi connectivity index (χ4n) is 1.61.